The number of nitrogens with one attached hydrogen (secondary N) is 2. The first-order chi connectivity index (χ1) is 12.5. The molecule has 2 N–H and O–H groups in total. The van der Waals surface area contributed by atoms with Crippen LogP contribution in [0.2, 0.25) is 0 Å². The highest BCUT2D eigenvalue weighted by Gasteiger charge is 2.14. The van der Waals surface area contributed by atoms with Crippen molar-refractivity contribution in [2.24, 2.45) is 0 Å². The Morgan fingerprint density at radius 1 is 0.852 bits per heavy atom. The van der Waals surface area contributed by atoms with Crippen LogP contribution in [0.3, 0.4) is 0 Å². The van der Waals surface area contributed by atoms with Crippen LogP contribution >= 0.6 is 0 Å². The Bertz CT molecular complexity index is 973. The van der Waals surface area contributed by atoms with E-state index in [4.69, 9.17) is 0 Å². The number of hydrogen-bond donors (Lipinski definition) is 2. The van der Waals surface area contributed by atoms with Crippen LogP contribution in [0, 0.1) is 5.82 Å². The molecule has 0 saturated carbocycles. The molecule has 2 aromatic rings. The fourth-order valence-corrected chi connectivity index (χ4v) is 5.00. The molecule has 6 nitrogen and oxygen atoms in total. The van der Waals surface area contributed by atoms with Gasteiger partial charge < -0.3 is 0 Å². The zero-order valence-corrected chi connectivity index (χ0v) is 16.8. The summed E-state index contributed by atoms with van der Waals surface area (Å²) in [5.41, 5.74) is 1.66. The first kappa shape index (κ1) is 21.5. The van der Waals surface area contributed by atoms with Crippen molar-refractivity contribution >= 4 is 20.0 Å². The smallest absolute Gasteiger partial charge is 0.212 e. The van der Waals surface area contributed by atoms with Gasteiger partial charge in [0.25, 0.3) is 0 Å². The lowest BCUT2D eigenvalue weighted by atomic mass is 10.1. The number of halogens is 1. The third kappa shape index (κ3) is 7.76. The molecule has 0 atom stereocenters. The van der Waals surface area contributed by atoms with E-state index < -0.39 is 25.9 Å². The maximum atomic E-state index is 13.2. The van der Waals surface area contributed by atoms with Crippen molar-refractivity contribution in [2.45, 2.75) is 37.9 Å². The first-order valence-corrected chi connectivity index (χ1v) is 11.6. The maximum Gasteiger partial charge on any atom is 0.216 e. The van der Waals surface area contributed by atoms with Crippen LogP contribution in [-0.2, 0) is 38.1 Å². The van der Waals surface area contributed by atoms with Crippen molar-refractivity contribution in [1.82, 2.24) is 9.44 Å². The minimum atomic E-state index is -3.62. The van der Waals surface area contributed by atoms with Gasteiger partial charge in [-0.05, 0) is 42.7 Å². The summed E-state index contributed by atoms with van der Waals surface area (Å²) in [6.07, 6.45) is 0. The summed E-state index contributed by atoms with van der Waals surface area (Å²) in [5.74, 6) is -0.946. The molecule has 2 rings (SSSR count). The van der Waals surface area contributed by atoms with Crippen molar-refractivity contribution in [2.75, 3.05) is 0 Å². The van der Waals surface area contributed by atoms with E-state index >= 15 is 0 Å². The minimum absolute atomic E-state index is 0.0644. The SMILES string of the molecule is CC(C)NS(=O)(=O)Cc1ccc(CNS(=O)(=O)Cc2cccc(F)c2)cc1. The minimum Gasteiger partial charge on any atom is -0.212 e. The molecule has 27 heavy (non-hydrogen) atoms. The van der Waals surface area contributed by atoms with Crippen molar-refractivity contribution in [1.29, 1.82) is 0 Å². The Kier molecular flexibility index (Phi) is 7.10. The standard InChI is InChI=1S/C18H23FN2O4S2/c1-14(2)21-27(24,25)12-16-8-6-15(7-9-16)11-20-26(22,23)13-17-4-3-5-18(19)10-17/h3-10,14,20-21H,11-13H2,1-2H3. The number of rotatable bonds is 9. The Balaban J connectivity index is 1.94. The van der Waals surface area contributed by atoms with E-state index in [1.54, 1.807) is 44.2 Å². The van der Waals surface area contributed by atoms with Gasteiger partial charge >= 0.3 is 0 Å². The van der Waals surface area contributed by atoms with Crippen molar-refractivity contribution in [3.05, 3.63) is 71.0 Å². The summed E-state index contributed by atoms with van der Waals surface area (Å²) in [6, 6.07) is 11.9. The third-order valence-corrected chi connectivity index (χ3v) is 6.38. The van der Waals surface area contributed by atoms with E-state index in [2.05, 4.69) is 9.44 Å². The van der Waals surface area contributed by atoms with Crippen molar-refractivity contribution in [3.8, 4) is 0 Å². The van der Waals surface area contributed by atoms with Crippen molar-refractivity contribution < 1.29 is 21.2 Å². The van der Waals surface area contributed by atoms with E-state index in [0.29, 0.717) is 16.7 Å². The fraction of sp³-hybridized carbons (Fsp3) is 0.333. The van der Waals surface area contributed by atoms with E-state index in [-0.39, 0.29) is 24.1 Å². The molecule has 0 aliphatic carbocycles. The van der Waals surface area contributed by atoms with Gasteiger partial charge in [0.1, 0.15) is 5.82 Å². The highest BCUT2D eigenvalue weighted by Crippen LogP contribution is 2.11. The molecule has 0 aliphatic rings. The van der Waals surface area contributed by atoms with Gasteiger partial charge in [0.2, 0.25) is 20.0 Å². The predicted octanol–water partition coefficient (Wildman–Crippen LogP) is 2.27. The molecule has 0 bridgehead atoms. The molecule has 148 valence electrons. The highest BCUT2D eigenvalue weighted by molar-refractivity contribution is 7.88. The van der Waals surface area contributed by atoms with Crippen LogP contribution in [0.15, 0.2) is 48.5 Å². The van der Waals surface area contributed by atoms with Gasteiger partial charge in [0.05, 0.1) is 11.5 Å². The van der Waals surface area contributed by atoms with E-state index in [0.717, 1.165) is 0 Å². The molecule has 2 aromatic carbocycles. The van der Waals surface area contributed by atoms with Gasteiger partial charge in [0, 0.05) is 12.6 Å². The normalized spacial score (nSPS) is 12.4. The molecular formula is C18H23FN2O4S2. The summed E-state index contributed by atoms with van der Waals surface area (Å²) in [4.78, 5) is 0. The van der Waals surface area contributed by atoms with Gasteiger partial charge in [-0.2, -0.15) is 0 Å². The lowest BCUT2D eigenvalue weighted by Crippen LogP contribution is -2.31. The van der Waals surface area contributed by atoms with Gasteiger partial charge in [-0.3, -0.25) is 0 Å². The summed E-state index contributed by atoms with van der Waals surface area (Å²) in [6.45, 7) is 3.56. The second kappa shape index (κ2) is 8.92. The van der Waals surface area contributed by atoms with Gasteiger partial charge in [-0.15, -0.1) is 0 Å². The molecule has 0 amide bonds. The van der Waals surface area contributed by atoms with E-state index in [1.165, 1.54) is 18.2 Å². The van der Waals surface area contributed by atoms with Crippen LogP contribution in [-0.4, -0.2) is 22.9 Å². The molecule has 0 heterocycles. The molecule has 0 unspecified atom stereocenters. The van der Waals surface area contributed by atoms with Gasteiger partial charge in [-0.1, -0.05) is 36.4 Å². The number of benzene rings is 2. The Hall–Kier alpha value is -1.81. The highest BCUT2D eigenvalue weighted by atomic mass is 32.2. The second-order valence-corrected chi connectivity index (χ2v) is 10.1. The maximum absolute atomic E-state index is 13.2. The quantitative estimate of drug-likeness (QED) is 0.658. The zero-order chi connectivity index (χ0) is 20.1. The van der Waals surface area contributed by atoms with Gasteiger partial charge in [0.15, 0.2) is 0 Å². The predicted molar refractivity (Wildman–Crippen MR) is 103 cm³/mol. The second-order valence-electron chi connectivity index (χ2n) is 6.56. The topological polar surface area (TPSA) is 92.3 Å². The largest absolute Gasteiger partial charge is 0.216 e. The molecule has 0 spiro atoms. The lowest BCUT2D eigenvalue weighted by Gasteiger charge is -2.10. The molecule has 0 aromatic heterocycles. The average molecular weight is 415 g/mol. The molecule has 9 heteroatoms. The molecule has 0 radical (unpaired) electrons. The zero-order valence-electron chi connectivity index (χ0n) is 15.1. The van der Waals surface area contributed by atoms with E-state index in [1.807, 2.05) is 0 Å². The van der Waals surface area contributed by atoms with E-state index in [9.17, 15) is 21.2 Å². The molecular weight excluding hydrogens is 391 g/mol. The van der Waals surface area contributed by atoms with Crippen molar-refractivity contribution in [3.63, 3.8) is 0 Å². The van der Waals surface area contributed by atoms with Crippen LogP contribution in [0.25, 0.3) is 0 Å². The Labute approximate surface area is 159 Å². The van der Waals surface area contributed by atoms with Gasteiger partial charge in [-0.25, -0.2) is 30.7 Å². The molecule has 0 saturated heterocycles. The number of sulfonamides is 2. The summed E-state index contributed by atoms with van der Waals surface area (Å²) in [7, 11) is -7.04. The Morgan fingerprint density at radius 3 is 2.04 bits per heavy atom. The summed E-state index contributed by atoms with van der Waals surface area (Å²) >= 11 is 0. The third-order valence-electron chi connectivity index (χ3n) is 3.54. The molecule has 0 fully saturated rings. The monoisotopic (exact) mass is 414 g/mol. The van der Waals surface area contributed by atoms with Crippen LogP contribution in [0.4, 0.5) is 4.39 Å². The van der Waals surface area contributed by atoms with Crippen LogP contribution in [0.5, 0.6) is 0 Å². The fourth-order valence-electron chi connectivity index (χ4n) is 2.46. The lowest BCUT2D eigenvalue weighted by molar-refractivity contribution is 0.569. The first-order valence-electron chi connectivity index (χ1n) is 8.34. The molecule has 0 aliphatic heterocycles. The van der Waals surface area contributed by atoms with Crippen LogP contribution in [0.1, 0.15) is 30.5 Å². The average Bonchev–Trinajstić information content (AvgIpc) is 2.52. The Morgan fingerprint density at radius 2 is 1.44 bits per heavy atom. The summed E-state index contributed by atoms with van der Waals surface area (Å²) < 4.78 is 66.2. The van der Waals surface area contributed by atoms with Crippen LogP contribution < -0.4 is 9.44 Å². The summed E-state index contributed by atoms with van der Waals surface area (Å²) in [5, 5.41) is 0. The number of hydrogen-bond acceptors (Lipinski definition) is 4.